The van der Waals surface area contributed by atoms with Gasteiger partial charge in [-0.1, -0.05) is 23.7 Å². The van der Waals surface area contributed by atoms with E-state index in [1.807, 2.05) is 24.3 Å². The number of hydrogen-bond acceptors (Lipinski definition) is 3. The number of rotatable bonds is 4. The number of nitrogens with two attached hydrogens (primary N) is 1. The van der Waals surface area contributed by atoms with Gasteiger partial charge in [-0.05, 0) is 25.1 Å². The molecule has 92 valence electrons. The van der Waals surface area contributed by atoms with E-state index in [1.54, 1.807) is 6.20 Å². The highest BCUT2D eigenvalue weighted by Crippen LogP contribution is 2.26. The molecule has 1 aromatic carbocycles. The first kappa shape index (κ1) is 14.0. The number of benzene rings is 1. The van der Waals surface area contributed by atoms with Gasteiger partial charge in [0.15, 0.2) is 0 Å². The van der Waals surface area contributed by atoms with Crippen molar-refractivity contribution in [3.05, 3.63) is 35.5 Å². The van der Waals surface area contributed by atoms with E-state index in [0.717, 1.165) is 34.6 Å². The zero-order chi connectivity index (χ0) is 11.4. The lowest BCUT2D eigenvalue weighted by Gasteiger charge is -2.08. The van der Waals surface area contributed by atoms with Crippen LogP contribution < -0.4 is 11.1 Å². The maximum absolute atomic E-state index is 6.11. The number of pyridine rings is 1. The molecular weight excluding hydrogens is 257 g/mol. The van der Waals surface area contributed by atoms with Crippen molar-refractivity contribution in [1.82, 2.24) is 4.98 Å². The van der Waals surface area contributed by atoms with E-state index in [1.165, 1.54) is 0 Å². The fourth-order valence-electron chi connectivity index (χ4n) is 1.62. The molecule has 0 fully saturated rings. The van der Waals surface area contributed by atoms with Crippen LogP contribution in [0.1, 0.15) is 6.42 Å². The quantitative estimate of drug-likeness (QED) is 0.841. The molecule has 0 bridgehead atoms. The minimum absolute atomic E-state index is 0. The highest BCUT2D eigenvalue weighted by molar-refractivity contribution is 6.35. The highest BCUT2D eigenvalue weighted by atomic mass is 35.5. The molecule has 0 saturated carbocycles. The third kappa shape index (κ3) is 3.22. The molecule has 2 aromatic rings. The Morgan fingerprint density at radius 1 is 1.24 bits per heavy atom. The van der Waals surface area contributed by atoms with Gasteiger partial charge in [-0.15, -0.1) is 12.4 Å². The molecule has 0 saturated heterocycles. The van der Waals surface area contributed by atoms with Crippen molar-refractivity contribution in [2.75, 3.05) is 18.4 Å². The number of fused-ring (bicyclic) bond motifs is 1. The predicted octanol–water partition coefficient (Wildman–Crippen LogP) is 3.07. The zero-order valence-corrected chi connectivity index (χ0v) is 10.9. The normalized spacial score (nSPS) is 10.0. The van der Waals surface area contributed by atoms with Crippen molar-refractivity contribution < 1.29 is 0 Å². The summed E-state index contributed by atoms with van der Waals surface area (Å²) in [5, 5.41) is 6.09. The Kier molecular flexibility index (Phi) is 5.48. The van der Waals surface area contributed by atoms with Gasteiger partial charge in [0.25, 0.3) is 0 Å². The predicted molar refractivity (Wildman–Crippen MR) is 76.2 cm³/mol. The smallest absolute Gasteiger partial charge is 0.133 e. The Labute approximate surface area is 112 Å². The van der Waals surface area contributed by atoms with Crippen LogP contribution in [0.25, 0.3) is 10.8 Å². The molecule has 0 aliphatic heterocycles. The first-order valence-corrected chi connectivity index (χ1v) is 5.68. The van der Waals surface area contributed by atoms with E-state index in [-0.39, 0.29) is 12.4 Å². The molecule has 1 heterocycles. The topological polar surface area (TPSA) is 50.9 Å². The molecule has 0 atom stereocenters. The van der Waals surface area contributed by atoms with E-state index < -0.39 is 0 Å². The summed E-state index contributed by atoms with van der Waals surface area (Å²) in [6.07, 6.45) is 2.69. The summed E-state index contributed by atoms with van der Waals surface area (Å²) < 4.78 is 0. The molecule has 5 heteroatoms. The average Bonchev–Trinajstić information content (AvgIpc) is 2.31. The van der Waals surface area contributed by atoms with Crippen molar-refractivity contribution in [3.63, 3.8) is 0 Å². The Bertz CT molecular complexity index is 488. The van der Waals surface area contributed by atoms with Gasteiger partial charge in [-0.25, -0.2) is 4.98 Å². The average molecular weight is 272 g/mol. The maximum atomic E-state index is 6.11. The molecule has 2 rings (SSSR count). The van der Waals surface area contributed by atoms with Gasteiger partial charge < -0.3 is 11.1 Å². The Balaban J connectivity index is 0.00000144. The maximum Gasteiger partial charge on any atom is 0.133 e. The second-order valence-corrected chi connectivity index (χ2v) is 3.97. The fraction of sp³-hybridized carbons (Fsp3) is 0.250. The van der Waals surface area contributed by atoms with Crippen LogP contribution in [0.4, 0.5) is 5.82 Å². The summed E-state index contributed by atoms with van der Waals surface area (Å²) in [5.41, 5.74) is 5.45. The van der Waals surface area contributed by atoms with Gasteiger partial charge in [0.05, 0.1) is 0 Å². The number of halogens is 2. The number of nitrogens with zero attached hydrogens (tertiary/aromatic N) is 1. The first-order valence-electron chi connectivity index (χ1n) is 5.30. The van der Waals surface area contributed by atoms with Crippen LogP contribution in [0.3, 0.4) is 0 Å². The van der Waals surface area contributed by atoms with Gasteiger partial charge in [-0.3, -0.25) is 0 Å². The van der Waals surface area contributed by atoms with E-state index in [9.17, 15) is 0 Å². The second-order valence-electron chi connectivity index (χ2n) is 3.56. The SMILES string of the molecule is Cl.NCCCNc1nccc2c(Cl)cccc12. The summed E-state index contributed by atoms with van der Waals surface area (Å²) in [7, 11) is 0. The van der Waals surface area contributed by atoms with Crippen LogP contribution >= 0.6 is 24.0 Å². The zero-order valence-electron chi connectivity index (χ0n) is 9.32. The fourth-order valence-corrected chi connectivity index (χ4v) is 1.86. The molecule has 0 amide bonds. The van der Waals surface area contributed by atoms with Crippen LogP contribution in [0, 0.1) is 0 Å². The molecule has 17 heavy (non-hydrogen) atoms. The van der Waals surface area contributed by atoms with Gasteiger partial charge >= 0.3 is 0 Å². The van der Waals surface area contributed by atoms with Crippen molar-refractivity contribution in [3.8, 4) is 0 Å². The minimum Gasteiger partial charge on any atom is -0.370 e. The molecule has 0 radical (unpaired) electrons. The molecule has 1 aromatic heterocycles. The molecule has 0 aliphatic rings. The summed E-state index contributed by atoms with van der Waals surface area (Å²) in [4.78, 5) is 4.31. The van der Waals surface area contributed by atoms with Crippen LogP contribution in [0.2, 0.25) is 5.02 Å². The molecule has 0 unspecified atom stereocenters. The van der Waals surface area contributed by atoms with Crippen molar-refractivity contribution in [2.24, 2.45) is 5.73 Å². The lowest BCUT2D eigenvalue weighted by atomic mass is 10.1. The lowest BCUT2D eigenvalue weighted by molar-refractivity contribution is 0.871. The van der Waals surface area contributed by atoms with Crippen molar-refractivity contribution in [2.45, 2.75) is 6.42 Å². The lowest BCUT2D eigenvalue weighted by Crippen LogP contribution is -2.09. The van der Waals surface area contributed by atoms with E-state index in [0.29, 0.717) is 6.54 Å². The summed E-state index contributed by atoms with van der Waals surface area (Å²) in [6.45, 7) is 1.51. The molecule has 3 nitrogen and oxygen atoms in total. The number of aromatic nitrogens is 1. The summed E-state index contributed by atoms with van der Waals surface area (Å²) in [6, 6.07) is 7.75. The molecule has 3 N–H and O–H groups in total. The van der Waals surface area contributed by atoms with Crippen molar-refractivity contribution >= 4 is 40.6 Å². The third-order valence-corrected chi connectivity index (χ3v) is 2.76. The monoisotopic (exact) mass is 271 g/mol. The van der Waals surface area contributed by atoms with Crippen LogP contribution in [0.15, 0.2) is 30.5 Å². The van der Waals surface area contributed by atoms with Crippen molar-refractivity contribution in [1.29, 1.82) is 0 Å². The van der Waals surface area contributed by atoms with E-state index >= 15 is 0 Å². The van der Waals surface area contributed by atoms with E-state index in [2.05, 4.69) is 10.3 Å². The Hall–Kier alpha value is -1.03. The van der Waals surface area contributed by atoms with Gasteiger partial charge in [0.1, 0.15) is 5.82 Å². The first-order chi connectivity index (χ1) is 7.83. The minimum atomic E-state index is 0. The largest absolute Gasteiger partial charge is 0.370 e. The number of hydrogen-bond donors (Lipinski definition) is 2. The number of nitrogens with one attached hydrogen (secondary N) is 1. The van der Waals surface area contributed by atoms with E-state index in [4.69, 9.17) is 17.3 Å². The van der Waals surface area contributed by atoms with Crippen LogP contribution in [-0.4, -0.2) is 18.1 Å². The standard InChI is InChI=1S/C12H14ClN3.ClH/c13-11-4-1-3-10-9(11)5-8-16-12(10)15-7-2-6-14;/h1,3-5,8H,2,6-7,14H2,(H,15,16);1H. The highest BCUT2D eigenvalue weighted by Gasteiger charge is 2.03. The second kappa shape index (κ2) is 6.64. The van der Waals surface area contributed by atoms with Gasteiger partial charge in [0, 0.05) is 28.5 Å². The molecule has 0 aliphatic carbocycles. The summed E-state index contributed by atoms with van der Waals surface area (Å²) >= 11 is 6.11. The van der Waals surface area contributed by atoms with Crippen LogP contribution in [-0.2, 0) is 0 Å². The Morgan fingerprint density at radius 3 is 2.82 bits per heavy atom. The summed E-state index contributed by atoms with van der Waals surface area (Å²) in [5.74, 6) is 0.869. The number of anilines is 1. The van der Waals surface area contributed by atoms with Gasteiger partial charge in [0.2, 0.25) is 0 Å². The van der Waals surface area contributed by atoms with Gasteiger partial charge in [-0.2, -0.15) is 0 Å². The molecular formula is C12H15Cl2N3. The third-order valence-electron chi connectivity index (χ3n) is 2.43. The molecule has 0 spiro atoms. The van der Waals surface area contributed by atoms with Crippen LogP contribution in [0.5, 0.6) is 0 Å². The Morgan fingerprint density at radius 2 is 2.06 bits per heavy atom.